The number of rotatable bonds is 4. The number of amides is 1. The zero-order chi connectivity index (χ0) is 12.9. The molecule has 0 aliphatic heterocycles. The third kappa shape index (κ3) is 5.14. The van der Waals surface area contributed by atoms with Crippen molar-refractivity contribution in [2.45, 2.75) is 32.7 Å². The highest BCUT2D eigenvalue weighted by Gasteiger charge is 2.13. The van der Waals surface area contributed by atoms with Gasteiger partial charge in [-0.15, -0.1) is 0 Å². The van der Waals surface area contributed by atoms with E-state index in [4.69, 9.17) is 5.73 Å². The molecule has 0 aliphatic carbocycles. The molecule has 0 aliphatic rings. The number of nitrogens with two attached hydrogens (primary N) is 1. The Balaban J connectivity index is 2.34. The lowest BCUT2D eigenvalue weighted by Crippen LogP contribution is -2.41. The van der Waals surface area contributed by atoms with Crippen LogP contribution in [0, 0.1) is 0 Å². The van der Waals surface area contributed by atoms with Gasteiger partial charge in [-0.05, 0) is 20.8 Å². The van der Waals surface area contributed by atoms with Gasteiger partial charge in [0.1, 0.15) is 6.33 Å². The van der Waals surface area contributed by atoms with Crippen LogP contribution in [0.4, 0.5) is 11.5 Å². The first-order valence-corrected chi connectivity index (χ1v) is 5.49. The highest BCUT2D eigenvalue weighted by molar-refractivity contribution is 5.77. The molecule has 94 valence electrons. The molecule has 0 fully saturated rings. The average Bonchev–Trinajstić information content (AvgIpc) is 2.18. The van der Waals surface area contributed by atoms with E-state index in [1.54, 1.807) is 0 Å². The first kappa shape index (κ1) is 13.2. The van der Waals surface area contributed by atoms with Crippen LogP contribution in [0.2, 0.25) is 0 Å². The van der Waals surface area contributed by atoms with Crippen LogP contribution < -0.4 is 16.4 Å². The number of hydrogen-bond acceptors (Lipinski definition) is 5. The largest absolute Gasteiger partial charge is 0.394 e. The lowest BCUT2D eigenvalue weighted by Gasteiger charge is -2.20. The van der Waals surface area contributed by atoms with Crippen LogP contribution >= 0.6 is 0 Å². The lowest BCUT2D eigenvalue weighted by molar-refractivity contribution is -0.122. The molecule has 0 unspecified atom stereocenters. The lowest BCUT2D eigenvalue weighted by atomic mass is 10.1. The molecular weight excluding hydrogens is 218 g/mol. The third-order valence-electron chi connectivity index (χ3n) is 1.90. The minimum Gasteiger partial charge on any atom is -0.394 e. The minimum atomic E-state index is -0.203. The van der Waals surface area contributed by atoms with Gasteiger partial charge in [0.15, 0.2) is 5.82 Å². The average molecular weight is 237 g/mol. The Morgan fingerprint density at radius 1 is 1.47 bits per heavy atom. The molecule has 0 aromatic carbocycles. The summed E-state index contributed by atoms with van der Waals surface area (Å²) in [5, 5.41) is 5.87. The molecule has 0 atom stereocenters. The second kappa shape index (κ2) is 5.47. The Bertz CT molecular complexity index is 386. The monoisotopic (exact) mass is 237 g/mol. The van der Waals surface area contributed by atoms with E-state index in [2.05, 4.69) is 20.6 Å². The fourth-order valence-electron chi connectivity index (χ4n) is 1.26. The fourth-order valence-corrected chi connectivity index (χ4v) is 1.26. The van der Waals surface area contributed by atoms with Crippen molar-refractivity contribution in [3.05, 3.63) is 12.5 Å². The molecule has 4 N–H and O–H groups in total. The Labute approximate surface area is 101 Å². The number of carbonyl (C=O) groups excluding carboxylic acids is 1. The van der Waals surface area contributed by atoms with Crippen LogP contribution in [0.25, 0.3) is 0 Å². The van der Waals surface area contributed by atoms with E-state index in [-0.39, 0.29) is 11.4 Å². The highest BCUT2D eigenvalue weighted by Crippen LogP contribution is 2.10. The molecule has 6 heteroatoms. The van der Waals surface area contributed by atoms with Crippen LogP contribution in [0.1, 0.15) is 27.2 Å². The van der Waals surface area contributed by atoms with Crippen molar-refractivity contribution in [1.82, 2.24) is 15.3 Å². The van der Waals surface area contributed by atoms with E-state index < -0.39 is 0 Å². The van der Waals surface area contributed by atoms with Crippen LogP contribution in [0.5, 0.6) is 0 Å². The molecular formula is C11H19N5O. The molecule has 1 aromatic rings. The topological polar surface area (TPSA) is 92.9 Å². The number of carbonyl (C=O) groups is 1. The standard InChI is InChI=1S/C11H19N5O/c1-11(2,3)16-9(17)4-5-14-10-8(12)6-13-7-15-10/h6-7H,4-5,12H2,1-3H3,(H,16,17)(H,13,14,15). The molecule has 0 bridgehead atoms. The summed E-state index contributed by atoms with van der Waals surface area (Å²) in [5.74, 6) is 0.557. The number of nitrogen functional groups attached to an aromatic ring is 1. The second-order valence-electron chi connectivity index (χ2n) is 4.80. The second-order valence-corrected chi connectivity index (χ2v) is 4.80. The summed E-state index contributed by atoms with van der Waals surface area (Å²) in [4.78, 5) is 19.3. The SMILES string of the molecule is CC(C)(C)NC(=O)CCNc1ncncc1N. The van der Waals surface area contributed by atoms with Crippen molar-refractivity contribution in [2.75, 3.05) is 17.6 Å². The molecule has 17 heavy (non-hydrogen) atoms. The summed E-state index contributed by atoms with van der Waals surface area (Å²) in [6, 6.07) is 0. The first-order valence-electron chi connectivity index (χ1n) is 5.49. The number of aromatic nitrogens is 2. The minimum absolute atomic E-state index is 0.00220. The van der Waals surface area contributed by atoms with Gasteiger partial charge in [0, 0.05) is 18.5 Å². The molecule has 0 saturated carbocycles. The quantitative estimate of drug-likeness (QED) is 0.719. The summed E-state index contributed by atoms with van der Waals surface area (Å²) in [5.41, 5.74) is 5.92. The van der Waals surface area contributed by atoms with E-state index in [0.29, 0.717) is 24.5 Å². The van der Waals surface area contributed by atoms with Crippen molar-refractivity contribution < 1.29 is 4.79 Å². The van der Waals surface area contributed by atoms with Gasteiger partial charge in [-0.2, -0.15) is 0 Å². The summed E-state index contributed by atoms with van der Waals surface area (Å²) < 4.78 is 0. The first-order chi connectivity index (χ1) is 7.88. The number of anilines is 2. The van der Waals surface area contributed by atoms with Crippen molar-refractivity contribution in [3.8, 4) is 0 Å². The predicted molar refractivity (Wildman–Crippen MR) is 67.4 cm³/mol. The van der Waals surface area contributed by atoms with Gasteiger partial charge in [-0.25, -0.2) is 9.97 Å². The maximum atomic E-state index is 11.5. The van der Waals surface area contributed by atoms with Crippen LogP contribution in [0.3, 0.4) is 0 Å². The summed E-state index contributed by atoms with van der Waals surface area (Å²) in [7, 11) is 0. The van der Waals surface area contributed by atoms with Gasteiger partial charge in [-0.1, -0.05) is 0 Å². The third-order valence-corrected chi connectivity index (χ3v) is 1.90. The Morgan fingerprint density at radius 2 is 2.18 bits per heavy atom. The Kier molecular flexibility index (Phi) is 4.25. The van der Waals surface area contributed by atoms with Gasteiger partial charge in [0.05, 0.1) is 11.9 Å². The number of hydrogen-bond donors (Lipinski definition) is 3. The predicted octanol–water partition coefficient (Wildman–Crippen LogP) is 0.775. The molecule has 0 spiro atoms. The van der Waals surface area contributed by atoms with E-state index >= 15 is 0 Å². The molecule has 0 radical (unpaired) electrons. The van der Waals surface area contributed by atoms with Crippen molar-refractivity contribution in [1.29, 1.82) is 0 Å². The zero-order valence-electron chi connectivity index (χ0n) is 10.4. The molecule has 1 aromatic heterocycles. The van der Waals surface area contributed by atoms with Gasteiger partial charge in [0.25, 0.3) is 0 Å². The maximum absolute atomic E-state index is 11.5. The summed E-state index contributed by atoms with van der Waals surface area (Å²) in [6.07, 6.45) is 3.30. The van der Waals surface area contributed by atoms with Gasteiger partial charge >= 0.3 is 0 Å². The fraction of sp³-hybridized carbons (Fsp3) is 0.545. The maximum Gasteiger partial charge on any atom is 0.222 e. The Morgan fingerprint density at radius 3 is 2.76 bits per heavy atom. The van der Waals surface area contributed by atoms with Crippen LogP contribution in [-0.2, 0) is 4.79 Å². The molecule has 1 amide bonds. The number of nitrogens with zero attached hydrogens (tertiary/aromatic N) is 2. The van der Waals surface area contributed by atoms with Gasteiger partial charge in [0.2, 0.25) is 5.91 Å². The molecule has 1 rings (SSSR count). The molecule has 1 heterocycles. The number of nitrogens with one attached hydrogen (secondary N) is 2. The van der Waals surface area contributed by atoms with Gasteiger partial charge < -0.3 is 16.4 Å². The van der Waals surface area contributed by atoms with Crippen molar-refractivity contribution in [2.24, 2.45) is 0 Å². The van der Waals surface area contributed by atoms with Crippen LogP contribution in [0.15, 0.2) is 12.5 Å². The molecule has 6 nitrogen and oxygen atoms in total. The highest BCUT2D eigenvalue weighted by atomic mass is 16.1. The van der Waals surface area contributed by atoms with E-state index in [1.165, 1.54) is 12.5 Å². The van der Waals surface area contributed by atoms with Crippen molar-refractivity contribution in [3.63, 3.8) is 0 Å². The van der Waals surface area contributed by atoms with Crippen LogP contribution in [-0.4, -0.2) is 28.0 Å². The summed E-state index contributed by atoms with van der Waals surface area (Å²) >= 11 is 0. The summed E-state index contributed by atoms with van der Waals surface area (Å²) in [6.45, 7) is 6.32. The molecule has 0 saturated heterocycles. The van der Waals surface area contributed by atoms with Gasteiger partial charge in [-0.3, -0.25) is 4.79 Å². The zero-order valence-corrected chi connectivity index (χ0v) is 10.4. The van der Waals surface area contributed by atoms with E-state index in [0.717, 1.165) is 0 Å². The normalized spacial score (nSPS) is 11.0. The smallest absolute Gasteiger partial charge is 0.222 e. The van der Waals surface area contributed by atoms with Crippen molar-refractivity contribution >= 4 is 17.4 Å². The van der Waals surface area contributed by atoms with E-state index in [1.807, 2.05) is 20.8 Å². The Hall–Kier alpha value is -1.85. The van der Waals surface area contributed by atoms with E-state index in [9.17, 15) is 4.79 Å².